The summed E-state index contributed by atoms with van der Waals surface area (Å²) in [7, 11) is -2.97. The molecule has 0 saturated carbocycles. The normalized spacial score (nSPS) is 27.6. The summed E-state index contributed by atoms with van der Waals surface area (Å²) in [5.74, 6) is 1.31. The molecule has 2 saturated heterocycles. The van der Waals surface area contributed by atoms with Gasteiger partial charge >= 0.3 is 0 Å². The Hall–Kier alpha value is -1.56. The highest BCUT2D eigenvalue weighted by Crippen LogP contribution is 2.41. The van der Waals surface area contributed by atoms with E-state index in [1.165, 1.54) is 0 Å². The summed E-state index contributed by atoms with van der Waals surface area (Å²) < 4.78 is 35.4. The highest BCUT2D eigenvalue weighted by molar-refractivity contribution is 7.93. The molecule has 0 aliphatic carbocycles. The van der Waals surface area contributed by atoms with E-state index in [1.807, 2.05) is 31.2 Å². The summed E-state index contributed by atoms with van der Waals surface area (Å²) in [5.41, 5.74) is 0. The number of benzene rings is 1. The number of ketones is 1. The van der Waals surface area contributed by atoms with Crippen LogP contribution in [0.15, 0.2) is 24.3 Å². The van der Waals surface area contributed by atoms with Crippen molar-refractivity contribution in [1.29, 1.82) is 0 Å². The molecule has 2 aliphatic heterocycles. The van der Waals surface area contributed by atoms with Gasteiger partial charge in [0.2, 0.25) is 0 Å². The minimum absolute atomic E-state index is 0.121. The fraction of sp³-hybridized carbons (Fsp3) is 0.611. The molecule has 0 aromatic heterocycles. The van der Waals surface area contributed by atoms with E-state index >= 15 is 0 Å². The summed E-state index contributed by atoms with van der Waals surface area (Å²) in [6.07, 6.45) is 2.73. The third-order valence-electron chi connectivity index (χ3n) is 5.05. The molecule has 132 valence electrons. The van der Waals surface area contributed by atoms with Crippen LogP contribution in [0, 0.1) is 5.92 Å². The molecule has 1 aromatic rings. The van der Waals surface area contributed by atoms with Crippen LogP contribution < -0.4 is 9.47 Å². The zero-order valence-electron chi connectivity index (χ0n) is 13.9. The number of carbonyl (C=O) groups is 1. The lowest BCUT2D eigenvalue weighted by molar-refractivity contribution is -0.123. The van der Waals surface area contributed by atoms with Crippen molar-refractivity contribution < 1.29 is 22.7 Å². The smallest absolute Gasteiger partial charge is 0.161 e. The first kappa shape index (κ1) is 17.3. The van der Waals surface area contributed by atoms with Gasteiger partial charge in [0.25, 0.3) is 0 Å². The lowest BCUT2D eigenvalue weighted by Gasteiger charge is -2.26. The maximum atomic E-state index is 12.4. The van der Waals surface area contributed by atoms with E-state index in [0.717, 1.165) is 12.8 Å². The van der Waals surface area contributed by atoms with Crippen LogP contribution in [-0.4, -0.2) is 37.9 Å². The molecule has 3 rings (SSSR count). The molecule has 0 amide bonds. The second-order valence-corrected chi connectivity index (χ2v) is 9.03. The predicted molar refractivity (Wildman–Crippen MR) is 91.2 cm³/mol. The average molecular weight is 352 g/mol. The van der Waals surface area contributed by atoms with Crippen molar-refractivity contribution in [2.75, 3.05) is 13.2 Å². The quantitative estimate of drug-likeness (QED) is 0.755. The lowest BCUT2D eigenvalue weighted by Crippen LogP contribution is -2.36. The average Bonchev–Trinajstić information content (AvgIpc) is 2.75. The zero-order valence-corrected chi connectivity index (χ0v) is 14.8. The van der Waals surface area contributed by atoms with E-state index in [-0.39, 0.29) is 22.2 Å². The topological polar surface area (TPSA) is 69.7 Å². The van der Waals surface area contributed by atoms with Crippen molar-refractivity contribution in [2.45, 2.75) is 49.5 Å². The molecule has 2 aliphatic rings. The maximum Gasteiger partial charge on any atom is 0.161 e. The fourth-order valence-corrected chi connectivity index (χ4v) is 6.25. The first-order valence-electron chi connectivity index (χ1n) is 8.62. The second kappa shape index (κ2) is 7.13. The van der Waals surface area contributed by atoms with Gasteiger partial charge in [0.05, 0.1) is 23.7 Å². The van der Waals surface area contributed by atoms with E-state index < -0.39 is 9.84 Å². The molecule has 2 heterocycles. The highest BCUT2D eigenvalue weighted by atomic mass is 32.2. The Morgan fingerprint density at radius 2 is 1.67 bits per heavy atom. The van der Waals surface area contributed by atoms with Crippen LogP contribution in [0.25, 0.3) is 0 Å². The number of ether oxygens (including phenoxy) is 2. The number of hydrogen-bond donors (Lipinski definition) is 0. The molecule has 2 fully saturated rings. The Balaban J connectivity index is 1.52. The van der Waals surface area contributed by atoms with Crippen LogP contribution in [0.1, 0.15) is 39.0 Å². The number of hydrogen-bond acceptors (Lipinski definition) is 5. The Kier molecular flexibility index (Phi) is 5.13. The zero-order chi connectivity index (χ0) is 17.2. The Morgan fingerprint density at radius 3 is 2.25 bits per heavy atom. The molecule has 0 radical (unpaired) electrons. The standard InChI is InChI=1S/C18H24O5S/c1-2-22-17-5-3-4-6-18(17)23-10-9-16(19)13-11-14-7-8-15(12-13)24(14,20)21/h3-6,13-15H,2,7-12H2,1H3. The van der Waals surface area contributed by atoms with Crippen molar-refractivity contribution in [3.63, 3.8) is 0 Å². The molecule has 2 atom stereocenters. The summed E-state index contributed by atoms with van der Waals surface area (Å²) in [6, 6.07) is 7.40. The monoisotopic (exact) mass is 352 g/mol. The fourth-order valence-electron chi connectivity index (χ4n) is 3.78. The van der Waals surface area contributed by atoms with Gasteiger partial charge in [-0.15, -0.1) is 0 Å². The molecule has 0 N–H and O–H groups in total. The van der Waals surface area contributed by atoms with Gasteiger partial charge in [-0.3, -0.25) is 4.79 Å². The van der Waals surface area contributed by atoms with Crippen LogP contribution in [0.2, 0.25) is 0 Å². The number of carbonyl (C=O) groups excluding carboxylic acids is 1. The Labute approximate surface area is 143 Å². The molecule has 5 nitrogen and oxygen atoms in total. The summed E-state index contributed by atoms with van der Waals surface area (Å²) in [5, 5.41) is -0.602. The third kappa shape index (κ3) is 3.43. The molecule has 2 unspecified atom stereocenters. The van der Waals surface area contributed by atoms with Crippen molar-refractivity contribution >= 4 is 15.6 Å². The van der Waals surface area contributed by atoms with E-state index in [0.29, 0.717) is 44.0 Å². The van der Waals surface area contributed by atoms with Crippen LogP contribution in [0.3, 0.4) is 0 Å². The van der Waals surface area contributed by atoms with Crippen LogP contribution >= 0.6 is 0 Å². The molecular weight excluding hydrogens is 328 g/mol. The van der Waals surface area contributed by atoms with E-state index in [2.05, 4.69) is 0 Å². The number of para-hydroxylation sites is 2. The summed E-state index contributed by atoms with van der Waals surface area (Å²) >= 11 is 0. The molecule has 0 spiro atoms. The van der Waals surface area contributed by atoms with E-state index in [9.17, 15) is 13.2 Å². The van der Waals surface area contributed by atoms with E-state index in [4.69, 9.17) is 9.47 Å². The van der Waals surface area contributed by atoms with Crippen molar-refractivity contribution in [3.05, 3.63) is 24.3 Å². The van der Waals surface area contributed by atoms with Gasteiger partial charge < -0.3 is 9.47 Å². The lowest BCUT2D eigenvalue weighted by atomic mass is 9.93. The van der Waals surface area contributed by atoms with Gasteiger partial charge in [-0.25, -0.2) is 8.42 Å². The first-order valence-corrected chi connectivity index (χ1v) is 10.2. The molecule has 24 heavy (non-hydrogen) atoms. The maximum absolute atomic E-state index is 12.4. The summed E-state index contributed by atoms with van der Waals surface area (Å²) in [4.78, 5) is 12.4. The van der Waals surface area contributed by atoms with Crippen molar-refractivity contribution in [2.24, 2.45) is 5.92 Å². The van der Waals surface area contributed by atoms with Crippen LogP contribution in [0.5, 0.6) is 11.5 Å². The Morgan fingerprint density at radius 1 is 1.08 bits per heavy atom. The minimum atomic E-state index is -2.97. The molecule has 6 heteroatoms. The molecular formula is C18H24O5S. The molecule has 2 bridgehead atoms. The SMILES string of the molecule is CCOc1ccccc1OCCC(=O)C1CC2CCC(C1)S2(=O)=O. The van der Waals surface area contributed by atoms with Gasteiger partial charge in [-0.05, 0) is 44.7 Å². The van der Waals surface area contributed by atoms with Gasteiger partial charge in [-0.2, -0.15) is 0 Å². The third-order valence-corrected chi connectivity index (χ3v) is 7.76. The molecule has 1 aromatic carbocycles. The van der Waals surface area contributed by atoms with Crippen LogP contribution in [0.4, 0.5) is 0 Å². The van der Waals surface area contributed by atoms with Crippen LogP contribution in [-0.2, 0) is 14.6 Å². The van der Waals surface area contributed by atoms with Gasteiger partial charge in [0.1, 0.15) is 5.78 Å². The minimum Gasteiger partial charge on any atom is -0.490 e. The van der Waals surface area contributed by atoms with Crippen molar-refractivity contribution in [1.82, 2.24) is 0 Å². The van der Waals surface area contributed by atoms with Crippen molar-refractivity contribution in [3.8, 4) is 11.5 Å². The summed E-state index contributed by atoms with van der Waals surface area (Å²) in [6.45, 7) is 2.76. The predicted octanol–water partition coefficient (Wildman–Crippen LogP) is 2.78. The highest BCUT2D eigenvalue weighted by Gasteiger charge is 2.48. The first-order chi connectivity index (χ1) is 11.5. The number of Topliss-reactive ketones (excluding diaryl/α,β-unsaturated/α-hetero) is 1. The number of sulfone groups is 1. The number of fused-ring (bicyclic) bond motifs is 2. The Bertz CT molecular complexity index is 677. The van der Waals surface area contributed by atoms with Gasteiger partial charge in [0.15, 0.2) is 21.3 Å². The number of rotatable bonds is 7. The van der Waals surface area contributed by atoms with Gasteiger partial charge in [-0.1, -0.05) is 12.1 Å². The second-order valence-electron chi connectivity index (χ2n) is 6.52. The van der Waals surface area contributed by atoms with E-state index in [1.54, 1.807) is 0 Å². The largest absolute Gasteiger partial charge is 0.490 e. The van der Waals surface area contributed by atoms with Gasteiger partial charge in [0, 0.05) is 12.3 Å².